The van der Waals surface area contributed by atoms with Gasteiger partial charge < -0.3 is 5.73 Å². The maximum atomic E-state index is 14.1. The Hall–Kier alpha value is -1.78. The number of benzene rings is 1. The van der Waals surface area contributed by atoms with E-state index in [4.69, 9.17) is 5.73 Å². The molecule has 3 rings (SSSR count). The largest absolute Gasteiger partial charge is 0.326 e. The van der Waals surface area contributed by atoms with Gasteiger partial charge in [0.25, 0.3) is 0 Å². The fourth-order valence-electron chi connectivity index (χ4n) is 3.03. The van der Waals surface area contributed by atoms with Crippen molar-refractivity contribution in [1.29, 1.82) is 0 Å². The SMILES string of the molecule is NCc1ccc(CN2CCCC2c2cccnc2)c(F)c1. The molecule has 1 aromatic heterocycles. The van der Waals surface area contributed by atoms with Crippen LogP contribution < -0.4 is 5.73 Å². The van der Waals surface area contributed by atoms with Gasteiger partial charge in [-0.15, -0.1) is 0 Å². The molecule has 2 N–H and O–H groups in total. The van der Waals surface area contributed by atoms with Gasteiger partial charge in [0.15, 0.2) is 0 Å². The minimum atomic E-state index is -0.158. The monoisotopic (exact) mass is 285 g/mol. The summed E-state index contributed by atoms with van der Waals surface area (Å²) in [6.07, 6.45) is 5.95. The second-order valence-electron chi connectivity index (χ2n) is 5.54. The van der Waals surface area contributed by atoms with Crippen LogP contribution in [0.4, 0.5) is 4.39 Å². The average Bonchev–Trinajstić information content (AvgIpc) is 2.98. The van der Waals surface area contributed by atoms with Crippen molar-refractivity contribution in [2.75, 3.05) is 6.54 Å². The highest BCUT2D eigenvalue weighted by Crippen LogP contribution is 2.33. The predicted octanol–water partition coefficient (Wildman–Crippen LogP) is 3.02. The molecule has 21 heavy (non-hydrogen) atoms. The Morgan fingerprint density at radius 1 is 1.33 bits per heavy atom. The van der Waals surface area contributed by atoms with E-state index in [-0.39, 0.29) is 5.82 Å². The minimum Gasteiger partial charge on any atom is -0.326 e. The fourth-order valence-corrected chi connectivity index (χ4v) is 3.03. The third-order valence-electron chi connectivity index (χ3n) is 4.16. The number of pyridine rings is 1. The molecule has 1 unspecified atom stereocenters. The van der Waals surface area contributed by atoms with Crippen LogP contribution in [-0.2, 0) is 13.1 Å². The van der Waals surface area contributed by atoms with Gasteiger partial charge in [0, 0.05) is 37.1 Å². The molecule has 1 aliphatic rings. The van der Waals surface area contributed by atoms with Crippen LogP contribution in [0, 0.1) is 5.82 Å². The third-order valence-corrected chi connectivity index (χ3v) is 4.16. The highest BCUT2D eigenvalue weighted by Gasteiger charge is 2.26. The van der Waals surface area contributed by atoms with E-state index in [1.165, 1.54) is 5.56 Å². The van der Waals surface area contributed by atoms with Gasteiger partial charge in [-0.25, -0.2) is 4.39 Å². The molecule has 1 saturated heterocycles. The zero-order valence-electron chi connectivity index (χ0n) is 12.0. The van der Waals surface area contributed by atoms with Crippen molar-refractivity contribution in [2.24, 2.45) is 5.73 Å². The lowest BCUT2D eigenvalue weighted by molar-refractivity contribution is 0.244. The number of nitrogens with two attached hydrogens (primary N) is 1. The van der Waals surface area contributed by atoms with E-state index in [1.54, 1.807) is 12.3 Å². The van der Waals surface area contributed by atoms with Crippen molar-refractivity contribution in [3.8, 4) is 0 Å². The minimum absolute atomic E-state index is 0.158. The number of likely N-dealkylation sites (tertiary alicyclic amines) is 1. The van der Waals surface area contributed by atoms with Crippen LogP contribution in [0.2, 0.25) is 0 Å². The van der Waals surface area contributed by atoms with Crippen LogP contribution in [0.15, 0.2) is 42.7 Å². The van der Waals surface area contributed by atoms with Gasteiger partial charge in [-0.1, -0.05) is 18.2 Å². The quantitative estimate of drug-likeness (QED) is 0.939. The molecular formula is C17H20FN3. The highest BCUT2D eigenvalue weighted by molar-refractivity contribution is 5.25. The molecule has 0 saturated carbocycles. The Bertz CT molecular complexity index is 600. The summed E-state index contributed by atoms with van der Waals surface area (Å²) < 4.78 is 14.1. The maximum Gasteiger partial charge on any atom is 0.128 e. The number of hydrogen-bond donors (Lipinski definition) is 1. The smallest absolute Gasteiger partial charge is 0.128 e. The molecule has 0 amide bonds. The van der Waals surface area contributed by atoms with Gasteiger partial charge in [0.05, 0.1) is 0 Å². The summed E-state index contributed by atoms with van der Waals surface area (Å²) in [4.78, 5) is 6.53. The molecule has 4 heteroatoms. The number of aromatic nitrogens is 1. The van der Waals surface area contributed by atoms with E-state index in [9.17, 15) is 4.39 Å². The van der Waals surface area contributed by atoms with E-state index >= 15 is 0 Å². The van der Waals surface area contributed by atoms with Crippen LogP contribution in [0.3, 0.4) is 0 Å². The zero-order valence-corrected chi connectivity index (χ0v) is 12.0. The molecule has 1 atom stereocenters. The summed E-state index contributed by atoms with van der Waals surface area (Å²) in [6.45, 7) is 2.01. The molecule has 110 valence electrons. The molecule has 0 aliphatic carbocycles. The topological polar surface area (TPSA) is 42.1 Å². The molecule has 0 radical (unpaired) electrons. The lowest BCUT2D eigenvalue weighted by atomic mass is 10.1. The van der Waals surface area contributed by atoms with Crippen molar-refractivity contribution in [3.63, 3.8) is 0 Å². The number of rotatable bonds is 4. The summed E-state index contributed by atoms with van der Waals surface area (Å²) >= 11 is 0. The maximum absolute atomic E-state index is 14.1. The Morgan fingerprint density at radius 3 is 2.95 bits per heavy atom. The summed E-state index contributed by atoms with van der Waals surface area (Å²) in [7, 11) is 0. The first-order valence-corrected chi connectivity index (χ1v) is 7.39. The predicted molar refractivity (Wildman–Crippen MR) is 80.9 cm³/mol. The summed E-state index contributed by atoms with van der Waals surface area (Å²) in [5.41, 5.74) is 8.34. The number of nitrogens with zero attached hydrogens (tertiary/aromatic N) is 2. The van der Waals surface area contributed by atoms with Crippen LogP contribution >= 0.6 is 0 Å². The fraction of sp³-hybridized carbons (Fsp3) is 0.353. The highest BCUT2D eigenvalue weighted by atomic mass is 19.1. The lowest BCUT2D eigenvalue weighted by Crippen LogP contribution is -2.23. The first-order valence-electron chi connectivity index (χ1n) is 7.39. The molecular weight excluding hydrogens is 265 g/mol. The van der Waals surface area contributed by atoms with Crippen LogP contribution in [-0.4, -0.2) is 16.4 Å². The van der Waals surface area contributed by atoms with Gasteiger partial charge in [0.2, 0.25) is 0 Å². The van der Waals surface area contributed by atoms with Gasteiger partial charge in [-0.3, -0.25) is 9.88 Å². The summed E-state index contributed by atoms with van der Waals surface area (Å²) in [5.74, 6) is -0.158. The van der Waals surface area contributed by atoms with Crippen molar-refractivity contribution < 1.29 is 4.39 Å². The molecule has 2 aromatic rings. The van der Waals surface area contributed by atoms with Crippen LogP contribution in [0.5, 0.6) is 0 Å². The zero-order chi connectivity index (χ0) is 14.7. The molecule has 1 fully saturated rings. The standard InChI is InChI=1S/C17H20FN3/c18-16-9-13(10-19)5-6-15(16)12-21-8-2-4-17(21)14-3-1-7-20-11-14/h1,3,5-7,9,11,17H,2,4,8,10,12,19H2. The van der Waals surface area contributed by atoms with Gasteiger partial charge in [-0.2, -0.15) is 0 Å². The first-order chi connectivity index (χ1) is 10.3. The van der Waals surface area contributed by atoms with E-state index in [2.05, 4.69) is 16.0 Å². The van der Waals surface area contributed by atoms with Gasteiger partial charge in [-0.05, 0) is 42.6 Å². The molecule has 1 aromatic carbocycles. The lowest BCUT2D eigenvalue weighted by Gasteiger charge is -2.25. The van der Waals surface area contributed by atoms with E-state index in [1.807, 2.05) is 24.4 Å². The second kappa shape index (κ2) is 6.33. The number of halogens is 1. The van der Waals surface area contributed by atoms with Gasteiger partial charge >= 0.3 is 0 Å². The van der Waals surface area contributed by atoms with Gasteiger partial charge in [0.1, 0.15) is 5.82 Å². The molecule has 0 spiro atoms. The third kappa shape index (κ3) is 3.12. The van der Waals surface area contributed by atoms with E-state index in [0.717, 1.165) is 30.5 Å². The Labute approximate surface area is 124 Å². The normalized spacial score (nSPS) is 19.0. The molecule has 0 bridgehead atoms. The van der Waals surface area contributed by atoms with Crippen molar-refractivity contribution in [2.45, 2.75) is 32.0 Å². The summed E-state index contributed by atoms with van der Waals surface area (Å²) in [5, 5.41) is 0. The Balaban J connectivity index is 1.78. The Kier molecular flexibility index (Phi) is 4.27. The molecule has 3 nitrogen and oxygen atoms in total. The molecule has 1 aliphatic heterocycles. The molecule has 2 heterocycles. The van der Waals surface area contributed by atoms with Crippen LogP contribution in [0.25, 0.3) is 0 Å². The Morgan fingerprint density at radius 2 is 2.24 bits per heavy atom. The number of hydrogen-bond acceptors (Lipinski definition) is 3. The first kappa shape index (κ1) is 14.2. The second-order valence-corrected chi connectivity index (χ2v) is 5.54. The van der Waals surface area contributed by atoms with Crippen LogP contribution in [0.1, 0.15) is 35.6 Å². The van der Waals surface area contributed by atoms with E-state index < -0.39 is 0 Å². The van der Waals surface area contributed by atoms with Crippen molar-refractivity contribution >= 4 is 0 Å². The van der Waals surface area contributed by atoms with Crippen molar-refractivity contribution in [1.82, 2.24) is 9.88 Å². The van der Waals surface area contributed by atoms with Crippen molar-refractivity contribution in [3.05, 3.63) is 65.2 Å². The summed E-state index contributed by atoms with van der Waals surface area (Å²) in [6, 6.07) is 9.72. The van der Waals surface area contributed by atoms with E-state index in [0.29, 0.717) is 19.1 Å². The average molecular weight is 285 g/mol.